The molecule has 0 heterocycles. The molecule has 0 aromatic heterocycles. The van der Waals surface area contributed by atoms with Gasteiger partial charge in [-0.05, 0) is 58.2 Å². The predicted molar refractivity (Wildman–Crippen MR) is 89.9 cm³/mol. The zero-order valence-corrected chi connectivity index (χ0v) is 13.8. The number of nitrogens with one attached hydrogen (secondary N) is 3. The maximum Gasteiger partial charge on any atom is 0.416 e. The minimum atomic E-state index is -4.43. The number of aryl methyl sites for hydroxylation is 1. The summed E-state index contributed by atoms with van der Waals surface area (Å²) in [5, 5.41) is 13.3. The molecule has 0 saturated carbocycles. The average molecular weight is 386 g/mol. The first kappa shape index (κ1) is 17.3. The molecule has 3 nitrogen and oxygen atoms in total. The second-order valence-corrected chi connectivity index (χ2v) is 5.73. The summed E-state index contributed by atoms with van der Waals surface area (Å²) < 4.78 is 38.7. The van der Waals surface area contributed by atoms with E-state index in [4.69, 9.17) is 5.41 Å². The maximum absolute atomic E-state index is 12.8. The van der Waals surface area contributed by atoms with Crippen LogP contribution in [0.3, 0.4) is 0 Å². The average Bonchev–Trinajstić information content (AvgIpc) is 2.48. The van der Waals surface area contributed by atoms with Gasteiger partial charge in [0.15, 0.2) is 5.96 Å². The molecule has 2 aromatic carbocycles. The molecule has 2 rings (SSSR count). The highest BCUT2D eigenvalue weighted by molar-refractivity contribution is 9.10. The normalized spacial score (nSPS) is 11.2. The lowest BCUT2D eigenvalue weighted by Crippen LogP contribution is -2.21. The minimum absolute atomic E-state index is 0.113. The SMILES string of the molecule is CCc1cccc(NC(=N)Nc2cc(C(F)(F)F)ccc2Br)c1. The number of anilines is 2. The Morgan fingerprint density at radius 2 is 1.87 bits per heavy atom. The Labute approximate surface area is 140 Å². The molecule has 3 N–H and O–H groups in total. The van der Waals surface area contributed by atoms with Gasteiger partial charge in [0.1, 0.15) is 0 Å². The second-order valence-electron chi connectivity index (χ2n) is 4.87. The first-order valence-electron chi connectivity index (χ1n) is 6.88. The Morgan fingerprint density at radius 1 is 1.13 bits per heavy atom. The van der Waals surface area contributed by atoms with E-state index in [0.717, 1.165) is 24.1 Å². The smallest absolute Gasteiger partial charge is 0.326 e. The van der Waals surface area contributed by atoms with Gasteiger partial charge in [0, 0.05) is 10.2 Å². The first-order valence-corrected chi connectivity index (χ1v) is 7.67. The summed E-state index contributed by atoms with van der Waals surface area (Å²) in [4.78, 5) is 0. The molecule has 0 saturated heterocycles. The molecule has 0 spiro atoms. The quantitative estimate of drug-likeness (QED) is 0.483. The van der Waals surface area contributed by atoms with Crippen LogP contribution in [0, 0.1) is 5.41 Å². The fourth-order valence-corrected chi connectivity index (χ4v) is 2.32. The molecule has 2 aromatic rings. The Morgan fingerprint density at radius 3 is 2.52 bits per heavy atom. The van der Waals surface area contributed by atoms with Gasteiger partial charge in [0.05, 0.1) is 11.3 Å². The number of alkyl halides is 3. The van der Waals surface area contributed by atoms with Crippen molar-refractivity contribution < 1.29 is 13.2 Å². The van der Waals surface area contributed by atoms with E-state index in [1.807, 2.05) is 25.1 Å². The molecule has 0 aliphatic heterocycles. The lowest BCUT2D eigenvalue weighted by atomic mass is 10.1. The van der Waals surface area contributed by atoms with Gasteiger partial charge < -0.3 is 10.6 Å². The summed E-state index contributed by atoms with van der Waals surface area (Å²) in [6.45, 7) is 2.02. The fraction of sp³-hybridized carbons (Fsp3) is 0.188. The number of rotatable bonds is 3. The van der Waals surface area contributed by atoms with Gasteiger partial charge in [0.25, 0.3) is 0 Å². The van der Waals surface area contributed by atoms with Crippen molar-refractivity contribution in [3.05, 3.63) is 58.1 Å². The Kier molecular flexibility index (Phi) is 5.30. The van der Waals surface area contributed by atoms with Crippen molar-refractivity contribution in [1.29, 1.82) is 5.41 Å². The summed E-state index contributed by atoms with van der Waals surface area (Å²) in [5.74, 6) is -0.113. The highest BCUT2D eigenvalue weighted by Gasteiger charge is 2.31. The zero-order valence-electron chi connectivity index (χ0n) is 12.3. The standard InChI is InChI=1S/C16H15BrF3N3/c1-2-10-4-3-5-12(8-10)22-15(21)23-14-9-11(16(18,19)20)6-7-13(14)17/h3-9H,2H2,1H3,(H3,21,22,23). The Bertz CT molecular complexity index is 714. The van der Waals surface area contributed by atoms with E-state index in [0.29, 0.717) is 10.2 Å². The van der Waals surface area contributed by atoms with E-state index >= 15 is 0 Å². The molecule has 0 amide bonds. The molecule has 122 valence electrons. The van der Waals surface area contributed by atoms with E-state index in [2.05, 4.69) is 26.6 Å². The number of halogens is 4. The predicted octanol–water partition coefficient (Wildman–Crippen LogP) is 5.49. The van der Waals surface area contributed by atoms with Gasteiger partial charge >= 0.3 is 6.18 Å². The van der Waals surface area contributed by atoms with Gasteiger partial charge in [0.2, 0.25) is 0 Å². The summed E-state index contributed by atoms with van der Waals surface area (Å²) in [5.41, 5.74) is 1.20. The monoisotopic (exact) mass is 385 g/mol. The van der Waals surface area contributed by atoms with Gasteiger partial charge in [-0.25, -0.2) is 0 Å². The van der Waals surface area contributed by atoms with Crippen molar-refractivity contribution in [1.82, 2.24) is 0 Å². The van der Waals surface area contributed by atoms with Crippen LogP contribution in [0.1, 0.15) is 18.1 Å². The number of hydrogen-bond donors (Lipinski definition) is 3. The minimum Gasteiger partial charge on any atom is -0.326 e. The van der Waals surface area contributed by atoms with Crippen molar-refractivity contribution in [2.45, 2.75) is 19.5 Å². The Hall–Kier alpha value is -2.02. The van der Waals surface area contributed by atoms with Crippen LogP contribution in [0.2, 0.25) is 0 Å². The van der Waals surface area contributed by atoms with Gasteiger partial charge in [-0.1, -0.05) is 19.1 Å². The number of hydrogen-bond acceptors (Lipinski definition) is 1. The van der Waals surface area contributed by atoms with E-state index in [1.54, 1.807) is 6.07 Å². The van der Waals surface area contributed by atoms with Gasteiger partial charge in [-0.3, -0.25) is 5.41 Å². The lowest BCUT2D eigenvalue weighted by molar-refractivity contribution is -0.137. The molecular weight excluding hydrogens is 371 g/mol. The molecule has 0 aliphatic rings. The highest BCUT2D eigenvalue weighted by Crippen LogP contribution is 2.33. The highest BCUT2D eigenvalue weighted by atomic mass is 79.9. The lowest BCUT2D eigenvalue weighted by Gasteiger charge is -2.14. The van der Waals surface area contributed by atoms with Crippen molar-refractivity contribution in [3.8, 4) is 0 Å². The topological polar surface area (TPSA) is 47.9 Å². The van der Waals surface area contributed by atoms with Gasteiger partial charge in [-0.15, -0.1) is 0 Å². The van der Waals surface area contributed by atoms with Crippen LogP contribution in [0.15, 0.2) is 46.9 Å². The van der Waals surface area contributed by atoms with Crippen LogP contribution in [-0.2, 0) is 12.6 Å². The molecule has 0 atom stereocenters. The van der Waals surface area contributed by atoms with E-state index in [-0.39, 0.29) is 11.6 Å². The van der Waals surface area contributed by atoms with Crippen molar-refractivity contribution in [2.24, 2.45) is 0 Å². The number of guanidine groups is 1. The van der Waals surface area contributed by atoms with Crippen LogP contribution in [-0.4, -0.2) is 5.96 Å². The Balaban J connectivity index is 2.13. The summed E-state index contributed by atoms with van der Waals surface area (Å²) in [6, 6.07) is 10.7. The molecule has 0 unspecified atom stereocenters. The van der Waals surface area contributed by atoms with Crippen LogP contribution < -0.4 is 10.6 Å². The maximum atomic E-state index is 12.8. The third kappa shape index (κ3) is 4.72. The third-order valence-electron chi connectivity index (χ3n) is 3.16. The molecule has 7 heteroatoms. The first-order chi connectivity index (χ1) is 10.8. The van der Waals surface area contributed by atoms with E-state index in [1.165, 1.54) is 6.07 Å². The zero-order chi connectivity index (χ0) is 17.0. The molecular formula is C16H15BrF3N3. The summed E-state index contributed by atoms with van der Waals surface area (Å²) >= 11 is 3.18. The van der Waals surface area contributed by atoms with E-state index < -0.39 is 11.7 Å². The van der Waals surface area contributed by atoms with Crippen LogP contribution in [0.4, 0.5) is 24.5 Å². The van der Waals surface area contributed by atoms with E-state index in [9.17, 15) is 13.2 Å². The van der Waals surface area contributed by atoms with Crippen LogP contribution in [0.25, 0.3) is 0 Å². The van der Waals surface area contributed by atoms with Crippen LogP contribution in [0.5, 0.6) is 0 Å². The molecule has 0 radical (unpaired) electrons. The van der Waals surface area contributed by atoms with Crippen molar-refractivity contribution in [2.75, 3.05) is 10.6 Å². The third-order valence-corrected chi connectivity index (χ3v) is 3.85. The van der Waals surface area contributed by atoms with Crippen LogP contribution >= 0.6 is 15.9 Å². The summed E-state index contributed by atoms with van der Waals surface area (Å²) in [6.07, 6.45) is -3.57. The van der Waals surface area contributed by atoms with Crippen molar-refractivity contribution >= 4 is 33.3 Å². The molecule has 0 bridgehead atoms. The largest absolute Gasteiger partial charge is 0.416 e. The summed E-state index contributed by atoms with van der Waals surface area (Å²) in [7, 11) is 0. The second kappa shape index (κ2) is 7.04. The molecule has 0 fully saturated rings. The van der Waals surface area contributed by atoms with Crippen molar-refractivity contribution in [3.63, 3.8) is 0 Å². The molecule has 0 aliphatic carbocycles. The van der Waals surface area contributed by atoms with Gasteiger partial charge in [-0.2, -0.15) is 13.2 Å². The number of benzene rings is 2. The molecule has 23 heavy (non-hydrogen) atoms. The fourth-order valence-electron chi connectivity index (χ4n) is 1.98.